The normalized spacial score (nSPS) is 16.3. The monoisotopic (exact) mass is 294 g/mol. The van der Waals surface area contributed by atoms with E-state index in [9.17, 15) is 4.79 Å². The van der Waals surface area contributed by atoms with Gasteiger partial charge in [-0.05, 0) is 40.5 Å². The van der Waals surface area contributed by atoms with Crippen LogP contribution in [0.5, 0.6) is 0 Å². The van der Waals surface area contributed by atoms with Crippen molar-refractivity contribution in [1.82, 2.24) is 14.5 Å². The summed E-state index contributed by atoms with van der Waals surface area (Å²) in [6.45, 7) is 9.97. The second kappa shape index (κ2) is 6.83. The maximum atomic E-state index is 11.7. The smallest absolute Gasteiger partial charge is 0.409 e. The Morgan fingerprint density at radius 3 is 2.71 bits per heavy atom. The number of hydrogen-bond donors (Lipinski definition) is 1. The number of piperidine rings is 1. The van der Waals surface area contributed by atoms with Gasteiger partial charge in [0.15, 0.2) is 0 Å². The molecule has 1 N–H and O–H groups in total. The Bertz CT molecular complexity index is 476. The maximum Gasteiger partial charge on any atom is 0.409 e. The van der Waals surface area contributed by atoms with E-state index in [1.54, 1.807) is 4.90 Å². The number of rotatable bonds is 4. The number of nitrogens with one attached hydrogen (secondary N) is 1. The van der Waals surface area contributed by atoms with Crippen LogP contribution >= 0.6 is 0 Å². The zero-order valence-electron chi connectivity index (χ0n) is 13.4. The molecule has 1 aromatic heterocycles. The average molecular weight is 294 g/mol. The highest BCUT2D eigenvalue weighted by atomic mass is 16.6. The van der Waals surface area contributed by atoms with Gasteiger partial charge in [-0.15, -0.1) is 0 Å². The number of carbonyl (C=O) groups excluding carboxylic acids is 1. The first-order valence-electron chi connectivity index (χ1n) is 7.75. The van der Waals surface area contributed by atoms with Gasteiger partial charge in [0.1, 0.15) is 0 Å². The summed E-state index contributed by atoms with van der Waals surface area (Å²) in [4.78, 5) is 18.1. The van der Waals surface area contributed by atoms with Crippen molar-refractivity contribution in [3.05, 3.63) is 11.9 Å². The molecule has 21 heavy (non-hydrogen) atoms. The summed E-state index contributed by atoms with van der Waals surface area (Å²) < 4.78 is 7.28. The molecule has 0 atom stereocenters. The molecular formula is C15H26N4O2. The van der Waals surface area contributed by atoms with E-state index in [1.165, 1.54) is 0 Å². The van der Waals surface area contributed by atoms with Crippen LogP contribution in [0.1, 0.15) is 45.3 Å². The Balaban J connectivity index is 2.00. The third-order valence-corrected chi connectivity index (χ3v) is 3.65. The lowest BCUT2D eigenvalue weighted by atomic mass is 10.1. The Kier molecular flexibility index (Phi) is 5.09. The molecule has 118 valence electrons. The summed E-state index contributed by atoms with van der Waals surface area (Å²) in [5.41, 5.74) is 1.02. The van der Waals surface area contributed by atoms with E-state index in [4.69, 9.17) is 4.74 Å². The zero-order chi connectivity index (χ0) is 15.4. The van der Waals surface area contributed by atoms with E-state index in [0.29, 0.717) is 18.7 Å². The molecule has 0 unspecified atom stereocenters. The van der Waals surface area contributed by atoms with Crippen LogP contribution in [0.15, 0.2) is 6.20 Å². The van der Waals surface area contributed by atoms with Crippen LogP contribution in [-0.4, -0.2) is 46.3 Å². The minimum absolute atomic E-state index is 0.196. The van der Waals surface area contributed by atoms with Gasteiger partial charge in [-0.3, -0.25) is 0 Å². The minimum atomic E-state index is -0.196. The third-order valence-electron chi connectivity index (χ3n) is 3.65. The molecule has 0 spiro atoms. The second-order valence-electron chi connectivity index (χ2n) is 5.83. The molecule has 1 aliphatic heterocycles. The highest BCUT2D eigenvalue weighted by Crippen LogP contribution is 2.27. The summed E-state index contributed by atoms with van der Waals surface area (Å²) in [6.07, 6.45) is 3.76. The maximum absolute atomic E-state index is 11.7. The molecule has 0 aromatic carbocycles. The molecule has 1 aliphatic rings. The van der Waals surface area contributed by atoms with Crippen LogP contribution in [0.25, 0.3) is 0 Å². The van der Waals surface area contributed by atoms with Crippen molar-refractivity contribution in [1.29, 1.82) is 0 Å². The number of nitrogens with zero attached hydrogens (tertiary/aromatic N) is 3. The molecule has 6 nitrogen and oxygen atoms in total. The Labute approximate surface area is 126 Å². The molecule has 1 fully saturated rings. The van der Waals surface area contributed by atoms with Crippen LogP contribution in [0.2, 0.25) is 0 Å². The Morgan fingerprint density at radius 2 is 2.14 bits per heavy atom. The predicted molar refractivity (Wildman–Crippen MR) is 82.6 cm³/mol. The van der Waals surface area contributed by atoms with Crippen molar-refractivity contribution in [3.8, 4) is 0 Å². The van der Waals surface area contributed by atoms with Crippen LogP contribution in [0, 0.1) is 6.92 Å². The van der Waals surface area contributed by atoms with E-state index in [-0.39, 0.29) is 6.09 Å². The fourth-order valence-corrected chi connectivity index (χ4v) is 2.70. The lowest BCUT2D eigenvalue weighted by Gasteiger charge is -2.32. The number of carbonyl (C=O) groups is 1. The summed E-state index contributed by atoms with van der Waals surface area (Å²) >= 11 is 0. The van der Waals surface area contributed by atoms with Crippen molar-refractivity contribution in [2.45, 2.75) is 52.6 Å². The molecule has 0 aliphatic carbocycles. The first-order valence-corrected chi connectivity index (χ1v) is 7.75. The van der Waals surface area contributed by atoms with Gasteiger partial charge < -0.3 is 19.5 Å². The van der Waals surface area contributed by atoms with Gasteiger partial charge in [-0.1, -0.05) is 0 Å². The number of imidazole rings is 1. The van der Waals surface area contributed by atoms with Gasteiger partial charge in [-0.2, -0.15) is 0 Å². The molecule has 1 saturated heterocycles. The lowest BCUT2D eigenvalue weighted by Crippen LogP contribution is -2.39. The first-order chi connectivity index (χ1) is 10.0. The molecule has 1 amide bonds. The predicted octanol–water partition coefficient (Wildman–Crippen LogP) is 2.81. The quantitative estimate of drug-likeness (QED) is 0.927. The lowest BCUT2D eigenvalue weighted by molar-refractivity contribution is 0.0928. The van der Waals surface area contributed by atoms with E-state index < -0.39 is 0 Å². The zero-order valence-corrected chi connectivity index (χ0v) is 13.4. The van der Waals surface area contributed by atoms with Crippen molar-refractivity contribution in [2.24, 2.45) is 0 Å². The topological polar surface area (TPSA) is 59.4 Å². The molecule has 0 saturated carbocycles. The number of aryl methyl sites for hydroxylation is 1. The van der Waals surface area contributed by atoms with Gasteiger partial charge >= 0.3 is 6.09 Å². The Hall–Kier alpha value is -1.72. The summed E-state index contributed by atoms with van der Waals surface area (Å²) in [5.74, 6) is 0.928. The average Bonchev–Trinajstić information content (AvgIpc) is 2.79. The first kappa shape index (κ1) is 15.7. The third kappa shape index (κ3) is 3.89. The van der Waals surface area contributed by atoms with Gasteiger partial charge in [0.05, 0.1) is 12.3 Å². The molecule has 2 heterocycles. The number of amides is 1. The summed E-state index contributed by atoms with van der Waals surface area (Å²) in [5, 5.41) is 3.39. The number of aromatic nitrogens is 2. The van der Waals surface area contributed by atoms with Crippen molar-refractivity contribution < 1.29 is 9.53 Å². The fraction of sp³-hybridized carbons (Fsp3) is 0.733. The van der Waals surface area contributed by atoms with Crippen molar-refractivity contribution >= 4 is 12.0 Å². The number of hydrogen-bond acceptors (Lipinski definition) is 4. The van der Waals surface area contributed by atoms with E-state index >= 15 is 0 Å². The van der Waals surface area contributed by atoms with Crippen LogP contribution in [0.3, 0.4) is 0 Å². The van der Waals surface area contributed by atoms with Gasteiger partial charge in [0.2, 0.25) is 5.95 Å². The number of likely N-dealkylation sites (tertiary alicyclic amines) is 1. The molecule has 2 rings (SSSR count). The second-order valence-corrected chi connectivity index (χ2v) is 5.83. The summed E-state index contributed by atoms with van der Waals surface area (Å²) in [7, 11) is 0. The fourth-order valence-electron chi connectivity index (χ4n) is 2.70. The van der Waals surface area contributed by atoms with Crippen molar-refractivity contribution in [2.75, 3.05) is 25.0 Å². The molecule has 1 aromatic rings. The van der Waals surface area contributed by atoms with Gasteiger partial charge in [-0.25, -0.2) is 9.78 Å². The van der Waals surface area contributed by atoms with Gasteiger partial charge in [0.25, 0.3) is 0 Å². The Morgan fingerprint density at radius 1 is 1.48 bits per heavy atom. The molecule has 6 heteroatoms. The van der Waals surface area contributed by atoms with Crippen molar-refractivity contribution in [3.63, 3.8) is 0 Å². The van der Waals surface area contributed by atoms with E-state index in [1.807, 2.05) is 13.8 Å². The van der Waals surface area contributed by atoms with Gasteiger partial charge in [0, 0.05) is 31.4 Å². The van der Waals surface area contributed by atoms with E-state index in [2.05, 4.69) is 34.9 Å². The highest BCUT2D eigenvalue weighted by molar-refractivity contribution is 5.67. The standard InChI is InChI=1S/C15H26N4O2/c1-5-21-15(20)18-8-6-13(7-9-18)19-10-12(4)17-14(19)16-11(2)3/h10-11,13H,5-9H2,1-4H3,(H,16,17). The SMILES string of the molecule is CCOC(=O)N1CCC(n2cc(C)nc2NC(C)C)CC1. The minimum Gasteiger partial charge on any atom is -0.450 e. The van der Waals surface area contributed by atoms with Crippen LogP contribution < -0.4 is 5.32 Å². The molecule has 0 bridgehead atoms. The largest absolute Gasteiger partial charge is 0.450 e. The molecule has 0 radical (unpaired) electrons. The highest BCUT2D eigenvalue weighted by Gasteiger charge is 2.26. The number of ether oxygens (including phenoxy) is 1. The van der Waals surface area contributed by atoms with E-state index in [0.717, 1.165) is 37.6 Å². The summed E-state index contributed by atoms with van der Waals surface area (Å²) in [6, 6.07) is 0.739. The number of anilines is 1. The van der Waals surface area contributed by atoms with Crippen LogP contribution in [-0.2, 0) is 4.74 Å². The molecular weight excluding hydrogens is 268 g/mol. The van der Waals surface area contributed by atoms with Crippen LogP contribution in [0.4, 0.5) is 10.7 Å².